The van der Waals surface area contributed by atoms with E-state index in [0.717, 1.165) is 5.56 Å². The molecule has 7 heteroatoms. The van der Waals surface area contributed by atoms with Crippen LogP contribution in [0.2, 0.25) is 5.02 Å². The molecule has 0 saturated heterocycles. The van der Waals surface area contributed by atoms with Crippen molar-refractivity contribution in [3.63, 3.8) is 0 Å². The highest BCUT2D eigenvalue weighted by Gasteiger charge is 2.31. The number of fused-ring (bicyclic) bond motifs is 1. The van der Waals surface area contributed by atoms with Crippen molar-refractivity contribution in [2.24, 2.45) is 0 Å². The molecule has 0 spiro atoms. The van der Waals surface area contributed by atoms with Gasteiger partial charge in [-0.1, -0.05) is 11.6 Å². The van der Waals surface area contributed by atoms with E-state index < -0.39 is 16.1 Å². The summed E-state index contributed by atoms with van der Waals surface area (Å²) in [6, 6.07) is 4.68. The minimum absolute atomic E-state index is 0.0739. The molecule has 1 aliphatic heterocycles. The van der Waals surface area contributed by atoms with Gasteiger partial charge in [0.2, 0.25) is 10.0 Å². The third-order valence-electron chi connectivity index (χ3n) is 3.38. The van der Waals surface area contributed by atoms with E-state index in [2.05, 4.69) is 0 Å². The molecule has 1 unspecified atom stereocenters. The van der Waals surface area contributed by atoms with Gasteiger partial charge in [0.25, 0.3) is 0 Å². The maximum absolute atomic E-state index is 12.6. The molecule has 5 nitrogen and oxygen atoms in total. The number of halogens is 1. The zero-order chi connectivity index (χ0) is 14.9. The van der Waals surface area contributed by atoms with Gasteiger partial charge in [-0.15, -0.1) is 0 Å². The predicted molar refractivity (Wildman–Crippen MR) is 75.3 cm³/mol. The lowest BCUT2D eigenvalue weighted by Gasteiger charge is -2.23. The van der Waals surface area contributed by atoms with Crippen LogP contribution in [0.25, 0.3) is 0 Å². The molecule has 0 fully saturated rings. The SMILES string of the molecule is CC(CC#N)N(C)S(=O)(=O)c1cc(Cl)cc2c1OCC2. The van der Waals surface area contributed by atoms with E-state index >= 15 is 0 Å². The molecule has 0 aromatic heterocycles. The average Bonchev–Trinajstić information content (AvgIpc) is 2.84. The minimum atomic E-state index is -3.74. The lowest BCUT2D eigenvalue weighted by molar-refractivity contribution is 0.344. The molecule has 0 saturated carbocycles. The summed E-state index contributed by atoms with van der Waals surface area (Å²) in [5.74, 6) is 0.380. The van der Waals surface area contributed by atoms with E-state index in [1.165, 1.54) is 17.4 Å². The fraction of sp³-hybridized carbons (Fsp3) is 0.462. The van der Waals surface area contributed by atoms with Gasteiger partial charge in [0, 0.05) is 30.1 Å². The van der Waals surface area contributed by atoms with Crippen LogP contribution in [0.4, 0.5) is 0 Å². The summed E-state index contributed by atoms with van der Waals surface area (Å²) in [5.41, 5.74) is 0.803. The molecule has 1 atom stereocenters. The fourth-order valence-electron chi connectivity index (χ4n) is 2.08. The monoisotopic (exact) mass is 314 g/mol. The third kappa shape index (κ3) is 2.62. The number of nitriles is 1. The summed E-state index contributed by atoms with van der Waals surface area (Å²) < 4.78 is 31.9. The minimum Gasteiger partial charge on any atom is -0.492 e. The second kappa shape index (κ2) is 5.60. The molecule has 20 heavy (non-hydrogen) atoms. The van der Waals surface area contributed by atoms with Crippen molar-refractivity contribution >= 4 is 21.6 Å². The largest absolute Gasteiger partial charge is 0.492 e. The number of hydrogen-bond acceptors (Lipinski definition) is 4. The second-order valence-corrected chi connectivity index (χ2v) is 7.13. The molecule has 108 valence electrons. The average molecular weight is 315 g/mol. The maximum atomic E-state index is 12.6. The molecule has 1 heterocycles. The summed E-state index contributed by atoms with van der Waals surface area (Å²) >= 11 is 5.99. The Labute approximate surface area is 123 Å². The van der Waals surface area contributed by atoms with Crippen LogP contribution in [0.5, 0.6) is 5.75 Å². The van der Waals surface area contributed by atoms with E-state index in [4.69, 9.17) is 21.6 Å². The Morgan fingerprint density at radius 1 is 1.55 bits per heavy atom. The van der Waals surface area contributed by atoms with Crippen LogP contribution in [-0.2, 0) is 16.4 Å². The van der Waals surface area contributed by atoms with Crippen molar-refractivity contribution in [2.45, 2.75) is 30.7 Å². The van der Waals surface area contributed by atoms with Crippen molar-refractivity contribution in [3.8, 4) is 11.8 Å². The summed E-state index contributed by atoms with van der Waals surface area (Å²) in [4.78, 5) is 0.0739. The Kier molecular flexibility index (Phi) is 4.23. The zero-order valence-corrected chi connectivity index (χ0v) is 12.8. The van der Waals surface area contributed by atoms with Crippen molar-refractivity contribution in [3.05, 3.63) is 22.7 Å². The zero-order valence-electron chi connectivity index (χ0n) is 11.3. The number of sulfonamides is 1. The maximum Gasteiger partial charge on any atom is 0.246 e. The summed E-state index contributed by atoms with van der Waals surface area (Å²) in [6.45, 7) is 2.14. The Balaban J connectivity index is 2.48. The summed E-state index contributed by atoms with van der Waals surface area (Å²) in [6.07, 6.45) is 0.773. The lowest BCUT2D eigenvalue weighted by atomic mass is 10.2. The van der Waals surface area contributed by atoms with Gasteiger partial charge < -0.3 is 4.74 Å². The molecule has 2 rings (SSSR count). The van der Waals surface area contributed by atoms with E-state index in [9.17, 15) is 8.42 Å². The molecular formula is C13H15ClN2O3S. The number of nitrogens with zero attached hydrogens (tertiary/aromatic N) is 2. The highest BCUT2D eigenvalue weighted by atomic mass is 35.5. The van der Waals surface area contributed by atoms with Gasteiger partial charge in [-0.2, -0.15) is 9.57 Å². The Morgan fingerprint density at radius 2 is 2.25 bits per heavy atom. The van der Waals surface area contributed by atoms with Crippen LogP contribution in [0.3, 0.4) is 0 Å². The highest BCUT2D eigenvalue weighted by Crippen LogP contribution is 2.37. The van der Waals surface area contributed by atoms with Crippen LogP contribution in [-0.4, -0.2) is 32.4 Å². The number of hydrogen-bond donors (Lipinski definition) is 0. The van der Waals surface area contributed by atoms with Crippen molar-refractivity contribution in [1.29, 1.82) is 5.26 Å². The molecule has 0 aliphatic carbocycles. The Hall–Kier alpha value is -1.29. The van der Waals surface area contributed by atoms with Crippen molar-refractivity contribution in [2.75, 3.05) is 13.7 Å². The van der Waals surface area contributed by atoms with Gasteiger partial charge in [0.05, 0.1) is 19.1 Å². The standard InChI is InChI=1S/C13H15ClN2O3S/c1-9(3-5-15)16(2)20(17,18)12-8-11(14)7-10-4-6-19-13(10)12/h7-9H,3-4,6H2,1-2H3. The molecular weight excluding hydrogens is 300 g/mol. The molecule has 0 radical (unpaired) electrons. The lowest BCUT2D eigenvalue weighted by Crippen LogP contribution is -2.35. The first kappa shape index (κ1) is 15.1. The number of benzene rings is 1. The molecule has 0 bridgehead atoms. The van der Waals surface area contributed by atoms with Gasteiger partial charge in [-0.3, -0.25) is 0 Å². The summed E-state index contributed by atoms with van der Waals surface area (Å²) in [7, 11) is -2.28. The van der Waals surface area contributed by atoms with E-state index in [1.807, 2.05) is 6.07 Å². The van der Waals surface area contributed by atoms with Gasteiger partial charge in [0.1, 0.15) is 10.6 Å². The Morgan fingerprint density at radius 3 is 2.90 bits per heavy atom. The smallest absolute Gasteiger partial charge is 0.246 e. The quantitative estimate of drug-likeness (QED) is 0.854. The fourth-order valence-corrected chi connectivity index (χ4v) is 3.94. The van der Waals surface area contributed by atoms with Crippen LogP contribution in [0, 0.1) is 11.3 Å². The molecule has 1 aromatic rings. The van der Waals surface area contributed by atoms with E-state index in [-0.39, 0.29) is 11.3 Å². The molecule has 0 N–H and O–H groups in total. The number of ether oxygens (including phenoxy) is 1. The van der Waals surface area contributed by atoms with Crippen LogP contribution >= 0.6 is 11.6 Å². The molecule has 1 aromatic carbocycles. The highest BCUT2D eigenvalue weighted by molar-refractivity contribution is 7.89. The van der Waals surface area contributed by atoms with Crippen molar-refractivity contribution < 1.29 is 13.2 Å². The normalized spacial score (nSPS) is 15.6. The first-order valence-electron chi connectivity index (χ1n) is 6.18. The number of rotatable bonds is 4. The van der Waals surface area contributed by atoms with E-state index in [0.29, 0.717) is 23.8 Å². The van der Waals surface area contributed by atoms with Gasteiger partial charge >= 0.3 is 0 Å². The predicted octanol–water partition coefficient (Wildman–Crippen LogP) is 2.20. The van der Waals surface area contributed by atoms with Crippen LogP contribution in [0.1, 0.15) is 18.9 Å². The van der Waals surface area contributed by atoms with Gasteiger partial charge in [-0.25, -0.2) is 8.42 Å². The summed E-state index contributed by atoms with van der Waals surface area (Å²) in [5, 5.41) is 9.07. The topological polar surface area (TPSA) is 70.4 Å². The van der Waals surface area contributed by atoms with Crippen LogP contribution < -0.4 is 4.74 Å². The second-order valence-electron chi connectivity index (χ2n) is 4.72. The Bertz CT molecular complexity index is 667. The first-order valence-corrected chi connectivity index (χ1v) is 8.00. The van der Waals surface area contributed by atoms with Gasteiger partial charge in [-0.05, 0) is 19.1 Å². The van der Waals surface area contributed by atoms with Crippen molar-refractivity contribution in [1.82, 2.24) is 4.31 Å². The molecule has 1 aliphatic rings. The van der Waals surface area contributed by atoms with E-state index in [1.54, 1.807) is 13.0 Å². The third-order valence-corrected chi connectivity index (χ3v) is 5.57. The first-order chi connectivity index (χ1) is 9.37. The van der Waals surface area contributed by atoms with Crippen LogP contribution in [0.15, 0.2) is 17.0 Å². The molecule has 0 amide bonds. The van der Waals surface area contributed by atoms with Gasteiger partial charge in [0.15, 0.2) is 0 Å².